The first-order valence-corrected chi connectivity index (χ1v) is 13.6. The van der Waals surface area contributed by atoms with Crippen LogP contribution in [0.5, 0.6) is 11.5 Å². The molecule has 9 nitrogen and oxygen atoms in total. The summed E-state index contributed by atoms with van der Waals surface area (Å²) in [6.45, 7) is 6.14. The Balaban J connectivity index is 1.34. The Morgan fingerprint density at radius 2 is 1.89 bits per heavy atom. The molecule has 3 aromatic rings. The number of ether oxygens (including phenoxy) is 2. The van der Waals surface area contributed by atoms with Crippen molar-refractivity contribution in [3.05, 3.63) is 64.5 Å². The Bertz CT molecular complexity index is 1480. The average Bonchev–Trinajstić information content (AvgIpc) is 3.50. The molecule has 1 fully saturated rings. The number of hydrogen-bond donors (Lipinski definition) is 1. The molecule has 1 saturated heterocycles. The lowest BCUT2D eigenvalue weighted by Gasteiger charge is -2.31. The zero-order chi connectivity index (χ0) is 26.2. The van der Waals surface area contributed by atoms with Crippen molar-refractivity contribution in [2.75, 3.05) is 25.2 Å². The topological polar surface area (TPSA) is 111 Å². The zero-order valence-corrected chi connectivity index (χ0v) is 21.8. The summed E-state index contributed by atoms with van der Waals surface area (Å²) in [7, 11) is -3.94. The summed E-state index contributed by atoms with van der Waals surface area (Å²) in [6, 6.07) is 11.2. The van der Waals surface area contributed by atoms with E-state index in [1.165, 1.54) is 4.31 Å². The number of carbonyl (C=O) groups is 1. The van der Waals surface area contributed by atoms with Crippen molar-refractivity contribution < 1.29 is 27.2 Å². The SMILES string of the molecule is Cc1ccc(C)c(/C=C/c2onc(C)c2S(=O)(=O)N2CCC[C@@H](C(=O)Nc3ccc4c(c3)OCO4)C2)c1. The van der Waals surface area contributed by atoms with Gasteiger partial charge in [-0.05, 0) is 62.9 Å². The summed E-state index contributed by atoms with van der Waals surface area (Å²) in [6.07, 6.45) is 4.63. The second-order valence-corrected chi connectivity index (χ2v) is 11.3. The Hall–Kier alpha value is -3.63. The molecule has 1 amide bonds. The number of fused-ring (bicyclic) bond motifs is 1. The summed E-state index contributed by atoms with van der Waals surface area (Å²) in [5, 5.41) is 6.82. The van der Waals surface area contributed by atoms with Gasteiger partial charge in [0.05, 0.1) is 5.92 Å². The van der Waals surface area contributed by atoms with Gasteiger partial charge in [0.15, 0.2) is 22.2 Å². The minimum atomic E-state index is -3.94. The number of rotatable bonds is 6. The highest BCUT2D eigenvalue weighted by Gasteiger charge is 2.37. The van der Waals surface area contributed by atoms with E-state index in [0.717, 1.165) is 16.7 Å². The molecule has 0 radical (unpaired) electrons. The highest BCUT2D eigenvalue weighted by atomic mass is 32.2. The predicted octanol–water partition coefficient (Wildman–Crippen LogP) is 4.54. The van der Waals surface area contributed by atoms with E-state index >= 15 is 0 Å². The Labute approximate surface area is 216 Å². The number of piperidine rings is 1. The van der Waals surface area contributed by atoms with Crippen molar-refractivity contribution in [3.63, 3.8) is 0 Å². The fourth-order valence-electron chi connectivity index (χ4n) is 4.63. The van der Waals surface area contributed by atoms with Crippen molar-refractivity contribution in [2.45, 2.75) is 38.5 Å². The molecule has 1 N–H and O–H groups in total. The first-order valence-electron chi connectivity index (χ1n) is 12.1. The van der Waals surface area contributed by atoms with Crippen LogP contribution in [0.25, 0.3) is 12.2 Å². The van der Waals surface area contributed by atoms with E-state index in [9.17, 15) is 13.2 Å². The number of anilines is 1. The van der Waals surface area contributed by atoms with Crippen LogP contribution >= 0.6 is 0 Å². The molecule has 2 aromatic carbocycles. The number of nitrogens with zero attached hydrogens (tertiary/aromatic N) is 2. The molecule has 37 heavy (non-hydrogen) atoms. The van der Waals surface area contributed by atoms with Crippen molar-refractivity contribution in [1.82, 2.24) is 9.46 Å². The minimum Gasteiger partial charge on any atom is -0.454 e. The lowest BCUT2D eigenvalue weighted by atomic mass is 9.98. The molecule has 2 aliphatic heterocycles. The molecular formula is C27H29N3O6S. The van der Waals surface area contributed by atoms with Crippen molar-refractivity contribution in [2.24, 2.45) is 5.92 Å². The second kappa shape index (κ2) is 10.0. The largest absolute Gasteiger partial charge is 0.454 e. The normalized spacial score (nSPS) is 17.9. The summed E-state index contributed by atoms with van der Waals surface area (Å²) in [4.78, 5) is 13.1. The van der Waals surface area contributed by atoms with E-state index < -0.39 is 15.9 Å². The molecule has 1 atom stereocenters. The van der Waals surface area contributed by atoms with Gasteiger partial charge in [-0.25, -0.2) is 8.42 Å². The molecule has 194 valence electrons. The van der Waals surface area contributed by atoms with Gasteiger partial charge in [-0.2, -0.15) is 4.31 Å². The van der Waals surface area contributed by atoms with Gasteiger partial charge < -0.3 is 19.3 Å². The van der Waals surface area contributed by atoms with Crippen LogP contribution in [0.15, 0.2) is 45.8 Å². The van der Waals surface area contributed by atoms with Gasteiger partial charge in [0.1, 0.15) is 5.69 Å². The van der Waals surface area contributed by atoms with Crippen molar-refractivity contribution in [1.29, 1.82) is 0 Å². The van der Waals surface area contributed by atoms with Gasteiger partial charge in [-0.15, -0.1) is 0 Å². The van der Waals surface area contributed by atoms with E-state index in [0.29, 0.717) is 36.6 Å². The summed E-state index contributed by atoms with van der Waals surface area (Å²) < 4.78 is 44.9. The van der Waals surface area contributed by atoms with Crippen LogP contribution in [0.4, 0.5) is 5.69 Å². The third kappa shape index (κ3) is 5.12. The van der Waals surface area contributed by atoms with Gasteiger partial charge in [-0.1, -0.05) is 35.0 Å². The molecule has 0 spiro atoms. The summed E-state index contributed by atoms with van der Waals surface area (Å²) in [5.74, 6) is 0.624. The van der Waals surface area contributed by atoms with Gasteiger partial charge in [0, 0.05) is 24.8 Å². The van der Waals surface area contributed by atoms with Gasteiger partial charge in [-0.3, -0.25) is 4.79 Å². The maximum Gasteiger partial charge on any atom is 0.248 e. The summed E-state index contributed by atoms with van der Waals surface area (Å²) in [5.41, 5.74) is 3.99. The smallest absolute Gasteiger partial charge is 0.248 e. The van der Waals surface area contributed by atoms with Crippen LogP contribution in [0.3, 0.4) is 0 Å². The second-order valence-electron chi connectivity index (χ2n) is 9.41. The van der Waals surface area contributed by atoms with Crippen LogP contribution in [0.1, 0.15) is 41.0 Å². The molecule has 10 heteroatoms. The van der Waals surface area contributed by atoms with E-state index in [1.807, 2.05) is 38.1 Å². The maximum atomic E-state index is 13.7. The van der Waals surface area contributed by atoms with Crippen molar-refractivity contribution >= 4 is 33.8 Å². The first-order chi connectivity index (χ1) is 17.7. The Kier molecular flexibility index (Phi) is 6.78. The highest BCUT2D eigenvalue weighted by Crippen LogP contribution is 2.35. The molecule has 0 saturated carbocycles. The maximum absolute atomic E-state index is 13.7. The van der Waals surface area contributed by atoms with Gasteiger partial charge in [0.25, 0.3) is 0 Å². The first kappa shape index (κ1) is 25.0. The molecule has 0 unspecified atom stereocenters. The van der Waals surface area contributed by atoms with E-state index in [1.54, 1.807) is 31.2 Å². The van der Waals surface area contributed by atoms with Crippen LogP contribution in [-0.2, 0) is 14.8 Å². The lowest BCUT2D eigenvalue weighted by molar-refractivity contribution is -0.120. The Morgan fingerprint density at radius 1 is 1.08 bits per heavy atom. The lowest BCUT2D eigenvalue weighted by Crippen LogP contribution is -2.43. The van der Waals surface area contributed by atoms with Crippen LogP contribution < -0.4 is 14.8 Å². The number of hydrogen-bond acceptors (Lipinski definition) is 7. The number of benzene rings is 2. The van der Waals surface area contributed by atoms with Crippen LogP contribution in [0, 0.1) is 26.7 Å². The molecular weight excluding hydrogens is 494 g/mol. The number of amides is 1. The van der Waals surface area contributed by atoms with E-state index in [2.05, 4.69) is 10.5 Å². The predicted molar refractivity (Wildman–Crippen MR) is 139 cm³/mol. The third-order valence-corrected chi connectivity index (χ3v) is 8.70. The molecule has 2 aliphatic rings. The molecule has 1 aromatic heterocycles. The molecule has 0 aliphatic carbocycles. The molecule has 5 rings (SSSR count). The number of carbonyl (C=O) groups excluding carboxylic acids is 1. The zero-order valence-electron chi connectivity index (χ0n) is 21.0. The summed E-state index contributed by atoms with van der Waals surface area (Å²) >= 11 is 0. The van der Waals surface area contributed by atoms with Gasteiger partial charge >= 0.3 is 0 Å². The monoisotopic (exact) mass is 523 g/mol. The number of nitrogens with one attached hydrogen (secondary N) is 1. The third-order valence-electron chi connectivity index (χ3n) is 6.68. The van der Waals surface area contributed by atoms with E-state index in [4.69, 9.17) is 14.0 Å². The molecule has 0 bridgehead atoms. The fourth-order valence-corrected chi connectivity index (χ4v) is 6.40. The van der Waals surface area contributed by atoms with Crippen molar-refractivity contribution in [3.8, 4) is 11.5 Å². The van der Waals surface area contributed by atoms with E-state index in [-0.39, 0.29) is 35.6 Å². The standard InChI is InChI=1S/C27H29N3O6S/c1-17-6-7-18(2)20(13-17)8-10-24-26(19(3)29-36-24)37(32,33)30-12-4-5-21(15-30)27(31)28-22-9-11-23-25(14-22)35-16-34-23/h6-11,13-14,21H,4-5,12,15-16H2,1-3H3,(H,28,31)/b10-8+/t21-/m1/s1. The fraction of sp³-hybridized carbons (Fsp3) is 0.333. The number of sulfonamides is 1. The number of aromatic nitrogens is 1. The average molecular weight is 524 g/mol. The van der Waals surface area contributed by atoms with Crippen LogP contribution in [-0.4, -0.2) is 43.7 Å². The Morgan fingerprint density at radius 3 is 2.73 bits per heavy atom. The number of aryl methyl sites for hydroxylation is 3. The van der Waals surface area contributed by atoms with Crippen LogP contribution in [0.2, 0.25) is 0 Å². The van der Waals surface area contributed by atoms with Gasteiger partial charge in [0.2, 0.25) is 22.7 Å². The minimum absolute atomic E-state index is 0.0332. The quantitative estimate of drug-likeness (QED) is 0.505. The highest BCUT2D eigenvalue weighted by molar-refractivity contribution is 7.89. The molecule has 3 heterocycles.